The molecule has 3 N–H and O–H groups in total. The van der Waals surface area contributed by atoms with Crippen molar-refractivity contribution in [1.29, 1.82) is 0 Å². The van der Waals surface area contributed by atoms with Crippen LogP contribution in [0.25, 0.3) is 0 Å². The Bertz CT molecular complexity index is 671. The van der Waals surface area contributed by atoms with Crippen molar-refractivity contribution in [3.05, 3.63) is 53.6 Å². The Kier molecular flexibility index (Phi) is 3.60. The second-order valence-electron chi connectivity index (χ2n) is 3.86. The largest absolute Gasteiger partial charge is 0.507 e. The van der Waals surface area contributed by atoms with Gasteiger partial charge in [0.05, 0.1) is 5.56 Å². The third kappa shape index (κ3) is 2.89. The minimum atomic E-state index is -1.32. The van der Waals surface area contributed by atoms with Crippen LogP contribution in [-0.2, 0) is 0 Å². The van der Waals surface area contributed by atoms with E-state index in [1.54, 1.807) is 0 Å². The molecule has 0 aliphatic heterocycles. The molecule has 102 valence electrons. The quantitative estimate of drug-likeness (QED) is 0.587. The number of carboxylic acids is 1. The molecule has 0 saturated carbocycles. The molecule has 0 atom stereocenters. The van der Waals surface area contributed by atoms with Crippen molar-refractivity contribution >= 4 is 17.6 Å². The van der Waals surface area contributed by atoms with Crippen molar-refractivity contribution < 1.29 is 24.2 Å². The smallest absolute Gasteiger partial charge is 0.339 e. The number of benzene rings is 1. The monoisotopic (exact) mass is 276 g/mol. The normalized spacial score (nSPS) is 10.1. The molecule has 0 bridgehead atoms. The van der Waals surface area contributed by atoms with Crippen LogP contribution in [0.5, 0.6) is 5.75 Å². The number of anilines is 1. The van der Waals surface area contributed by atoms with E-state index in [0.29, 0.717) is 0 Å². The van der Waals surface area contributed by atoms with E-state index in [-0.39, 0.29) is 16.8 Å². The zero-order chi connectivity index (χ0) is 14.7. The molecular formula is C13H9FN2O4. The molecule has 1 aromatic heterocycles. The van der Waals surface area contributed by atoms with E-state index in [1.165, 1.54) is 12.1 Å². The lowest BCUT2D eigenvalue weighted by Gasteiger charge is -2.07. The van der Waals surface area contributed by atoms with Crippen molar-refractivity contribution in [3.63, 3.8) is 0 Å². The third-order valence-electron chi connectivity index (χ3n) is 2.47. The van der Waals surface area contributed by atoms with E-state index in [4.69, 9.17) is 5.11 Å². The molecule has 20 heavy (non-hydrogen) atoms. The highest BCUT2D eigenvalue weighted by Gasteiger charge is 2.12. The van der Waals surface area contributed by atoms with Crippen LogP contribution in [0.3, 0.4) is 0 Å². The predicted molar refractivity (Wildman–Crippen MR) is 67.2 cm³/mol. The summed E-state index contributed by atoms with van der Waals surface area (Å²) >= 11 is 0. The zero-order valence-corrected chi connectivity index (χ0v) is 10.0. The highest BCUT2D eigenvalue weighted by atomic mass is 19.1. The minimum absolute atomic E-state index is 0.122. The molecule has 0 saturated heterocycles. The van der Waals surface area contributed by atoms with Crippen molar-refractivity contribution in [2.75, 3.05) is 5.32 Å². The summed E-state index contributed by atoms with van der Waals surface area (Å²) < 4.78 is 12.6. The van der Waals surface area contributed by atoms with Crippen LogP contribution in [0.2, 0.25) is 0 Å². The molecule has 7 heteroatoms. The first-order valence-electron chi connectivity index (χ1n) is 5.46. The Labute approximate surface area is 112 Å². The molecule has 0 aliphatic rings. The maximum absolute atomic E-state index is 12.6. The predicted octanol–water partition coefficient (Wildman–Crippen LogP) is 1.88. The number of carbonyl (C=O) groups excluding carboxylic acids is 1. The first-order chi connectivity index (χ1) is 9.47. The first kappa shape index (κ1) is 13.5. The van der Waals surface area contributed by atoms with Gasteiger partial charge in [0.15, 0.2) is 0 Å². The van der Waals surface area contributed by atoms with Gasteiger partial charge in [0.25, 0.3) is 5.91 Å². The second-order valence-corrected chi connectivity index (χ2v) is 3.86. The molecule has 1 amide bonds. The van der Waals surface area contributed by atoms with E-state index in [2.05, 4.69) is 10.3 Å². The summed E-state index contributed by atoms with van der Waals surface area (Å²) in [5.74, 6) is -3.00. The number of hydrogen-bond acceptors (Lipinski definition) is 4. The van der Waals surface area contributed by atoms with Crippen molar-refractivity contribution in [2.45, 2.75) is 0 Å². The number of nitrogens with one attached hydrogen (secondary N) is 1. The molecule has 0 radical (unpaired) electrons. The Balaban J connectivity index is 2.21. The minimum Gasteiger partial charge on any atom is -0.507 e. The number of carbonyl (C=O) groups is 2. The summed E-state index contributed by atoms with van der Waals surface area (Å²) in [7, 11) is 0. The number of carboxylic acid groups (broad SMARTS) is 1. The van der Waals surface area contributed by atoms with Crippen LogP contribution in [0.4, 0.5) is 10.1 Å². The van der Waals surface area contributed by atoms with Crippen LogP contribution >= 0.6 is 0 Å². The highest BCUT2D eigenvalue weighted by Crippen LogP contribution is 2.21. The average molecular weight is 276 g/mol. The number of amides is 1. The molecule has 2 rings (SSSR count). The Morgan fingerprint density at radius 3 is 2.55 bits per heavy atom. The third-order valence-corrected chi connectivity index (χ3v) is 2.47. The number of rotatable bonds is 3. The van der Waals surface area contributed by atoms with Gasteiger partial charge in [-0.05, 0) is 30.3 Å². The summed E-state index contributed by atoms with van der Waals surface area (Å²) in [6, 6.07) is 5.90. The van der Waals surface area contributed by atoms with Gasteiger partial charge >= 0.3 is 5.97 Å². The molecule has 1 aromatic carbocycles. The Morgan fingerprint density at radius 1 is 1.20 bits per heavy atom. The van der Waals surface area contributed by atoms with E-state index >= 15 is 0 Å². The van der Waals surface area contributed by atoms with Gasteiger partial charge in [-0.15, -0.1) is 0 Å². The summed E-state index contributed by atoms with van der Waals surface area (Å²) in [6.45, 7) is 0. The van der Waals surface area contributed by atoms with E-state index in [9.17, 15) is 19.1 Å². The van der Waals surface area contributed by atoms with Crippen molar-refractivity contribution in [2.24, 2.45) is 0 Å². The molecule has 2 aromatic rings. The average Bonchev–Trinajstić information content (AvgIpc) is 2.41. The lowest BCUT2D eigenvalue weighted by Crippen LogP contribution is -2.13. The molecule has 1 heterocycles. The van der Waals surface area contributed by atoms with Crippen LogP contribution in [0, 0.1) is 5.95 Å². The van der Waals surface area contributed by atoms with Gasteiger partial charge in [-0.2, -0.15) is 4.39 Å². The fourth-order valence-electron chi connectivity index (χ4n) is 1.50. The molecule has 0 spiro atoms. The van der Waals surface area contributed by atoms with Crippen LogP contribution in [-0.4, -0.2) is 27.1 Å². The fraction of sp³-hybridized carbons (Fsp3) is 0. The lowest BCUT2D eigenvalue weighted by molar-refractivity contribution is 0.0693. The van der Waals surface area contributed by atoms with Crippen LogP contribution < -0.4 is 5.32 Å². The van der Waals surface area contributed by atoms with E-state index in [0.717, 1.165) is 24.4 Å². The van der Waals surface area contributed by atoms with Crippen molar-refractivity contribution in [1.82, 2.24) is 4.98 Å². The van der Waals surface area contributed by atoms with Gasteiger partial charge in [0, 0.05) is 11.9 Å². The number of nitrogens with zero attached hydrogens (tertiary/aromatic N) is 1. The number of aromatic hydroxyl groups is 1. The van der Waals surface area contributed by atoms with Gasteiger partial charge in [-0.25, -0.2) is 9.78 Å². The standard InChI is InChI=1S/C13H9FN2O4/c14-11-4-1-7(6-15-11)12(18)16-8-2-3-10(17)9(5-8)13(19)20/h1-6,17H,(H,16,18)(H,19,20). The Hall–Kier alpha value is -2.96. The van der Waals surface area contributed by atoms with E-state index < -0.39 is 23.6 Å². The maximum atomic E-state index is 12.6. The summed E-state index contributed by atoms with van der Waals surface area (Å²) in [5, 5.41) is 20.6. The van der Waals surface area contributed by atoms with E-state index in [1.807, 2.05) is 0 Å². The number of aromatic nitrogens is 1. The van der Waals surface area contributed by atoms with Crippen molar-refractivity contribution in [3.8, 4) is 5.75 Å². The number of halogens is 1. The SMILES string of the molecule is O=C(Nc1ccc(O)c(C(=O)O)c1)c1ccc(F)nc1. The summed E-state index contributed by atoms with van der Waals surface area (Å²) in [6.07, 6.45) is 1.06. The zero-order valence-electron chi connectivity index (χ0n) is 10.0. The number of phenols is 1. The molecule has 0 aliphatic carbocycles. The lowest BCUT2D eigenvalue weighted by atomic mass is 10.1. The second kappa shape index (κ2) is 5.35. The van der Waals surface area contributed by atoms with Gasteiger partial charge < -0.3 is 15.5 Å². The summed E-state index contributed by atoms with van der Waals surface area (Å²) in [4.78, 5) is 26.0. The molecule has 6 nitrogen and oxygen atoms in total. The fourth-order valence-corrected chi connectivity index (χ4v) is 1.50. The van der Waals surface area contributed by atoms with Gasteiger partial charge in [0.2, 0.25) is 5.95 Å². The van der Waals surface area contributed by atoms with Crippen LogP contribution in [0.15, 0.2) is 36.5 Å². The Morgan fingerprint density at radius 2 is 1.95 bits per heavy atom. The number of hydrogen-bond donors (Lipinski definition) is 3. The number of pyridine rings is 1. The topological polar surface area (TPSA) is 99.5 Å². The first-order valence-corrected chi connectivity index (χ1v) is 5.46. The molecule has 0 fully saturated rings. The summed E-state index contributed by atoms with van der Waals surface area (Å²) in [5.41, 5.74) is -0.0223. The van der Waals surface area contributed by atoms with Crippen LogP contribution in [0.1, 0.15) is 20.7 Å². The van der Waals surface area contributed by atoms with Gasteiger partial charge in [-0.1, -0.05) is 0 Å². The molecule has 0 unspecified atom stereocenters. The van der Waals surface area contributed by atoms with Gasteiger partial charge in [-0.3, -0.25) is 4.79 Å². The number of aromatic carboxylic acids is 1. The van der Waals surface area contributed by atoms with Gasteiger partial charge in [0.1, 0.15) is 11.3 Å². The molecular weight excluding hydrogens is 267 g/mol. The maximum Gasteiger partial charge on any atom is 0.339 e. The highest BCUT2D eigenvalue weighted by molar-refractivity contribution is 6.04.